The maximum atomic E-state index is 13.5. The number of ether oxygens (including phenoxy) is 1. The third kappa shape index (κ3) is 3.00. The summed E-state index contributed by atoms with van der Waals surface area (Å²) < 4.78 is 70.6. The van der Waals surface area contributed by atoms with Gasteiger partial charge in [-0.15, -0.1) is 0 Å². The summed E-state index contributed by atoms with van der Waals surface area (Å²) in [4.78, 5) is 11.7. The number of rotatable bonds is 3. The molecule has 1 aliphatic rings. The van der Waals surface area contributed by atoms with E-state index >= 15 is 0 Å². The quantitative estimate of drug-likeness (QED) is 0.589. The molecule has 0 aliphatic heterocycles. The molecule has 1 fully saturated rings. The molecule has 1 aliphatic carbocycles. The summed E-state index contributed by atoms with van der Waals surface area (Å²) in [5.74, 6) is -0.970. The lowest BCUT2D eigenvalue weighted by Crippen LogP contribution is -2.58. The van der Waals surface area contributed by atoms with Gasteiger partial charge < -0.3 is 4.74 Å². The summed E-state index contributed by atoms with van der Waals surface area (Å²) in [5.41, 5.74) is -1.04. The van der Waals surface area contributed by atoms with E-state index in [1.54, 1.807) is 6.92 Å². The Hall–Kier alpha value is -0.880. The number of alkyl halides is 5. The highest BCUT2D eigenvalue weighted by Gasteiger charge is 2.56. The molecule has 0 bridgehead atoms. The maximum Gasteiger partial charge on any atom is 0.311 e. The van der Waals surface area contributed by atoms with Crippen molar-refractivity contribution in [2.75, 3.05) is 0 Å². The van der Waals surface area contributed by atoms with Crippen LogP contribution in [0.15, 0.2) is 0 Å². The molecule has 19 heavy (non-hydrogen) atoms. The zero-order chi connectivity index (χ0) is 15.0. The number of hydrogen-bond acceptors (Lipinski definition) is 2. The maximum absolute atomic E-state index is 13.5. The zero-order valence-electron chi connectivity index (χ0n) is 10.9. The lowest BCUT2D eigenvalue weighted by atomic mass is 9.87. The second-order valence-corrected chi connectivity index (χ2v) is 5.33. The van der Waals surface area contributed by atoms with Gasteiger partial charge in [-0.05, 0) is 20.3 Å². The van der Waals surface area contributed by atoms with E-state index in [1.165, 1.54) is 13.8 Å². The molecule has 0 saturated heterocycles. The van der Waals surface area contributed by atoms with Crippen LogP contribution in [0.4, 0.5) is 22.0 Å². The van der Waals surface area contributed by atoms with Gasteiger partial charge in [-0.1, -0.05) is 6.92 Å². The first-order valence-electron chi connectivity index (χ1n) is 6.05. The number of esters is 1. The normalized spacial score (nSPS) is 40.0. The van der Waals surface area contributed by atoms with E-state index in [2.05, 4.69) is 4.74 Å². The molecule has 112 valence electrons. The smallest absolute Gasteiger partial charge is 0.311 e. The molecule has 2 nitrogen and oxygen atoms in total. The summed E-state index contributed by atoms with van der Waals surface area (Å²) >= 11 is 0. The highest BCUT2D eigenvalue weighted by atomic mass is 19.2. The molecular weight excluding hydrogens is 271 g/mol. The van der Waals surface area contributed by atoms with Crippen molar-refractivity contribution in [1.82, 2.24) is 0 Å². The Kier molecular flexibility index (Phi) is 4.79. The number of carbonyl (C=O) groups is 1. The second kappa shape index (κ2) is 5.63. The monoisotopic (exact) mass is 288 g/mol. The Bertz CT molecular complexity index is 320. The molecule has 0 amide bonds. The Morgan fingerprint density at radius 3 is 1.68 bits per heavy atom. The van der Waals surface area contributed by atoms with Crippen LogP contribution >= 0.6 is 0 Å². The SMILES string of the molecule is CCC(C)(C)C(=O)OC1C(F)C(F)C(F)C(F)C1F. The fraction of sp³-hybridized carbons (Fsp3) is 0.917. The van der Waals surface area contributed by atoms with E-state index in [0.717, 1.165) is 0 Å². The molecule has 0 radical (unpaired) electrons. The van der Waals surface area contributed by atoms with E-state index in [0.29, 0.717) is 6.42 Å². The van der Waals surface area contributed by atoms with Gasteiger partial charge in [-0.2, -0.15) is 0 Å². The van der Waals surface area contributed by atoms with Crippen LogP contribution in [-0.4, -0.2) is 42.9 Å². The molecule has 1 rings (SSSR count). The van der Waals surface area contributed by atoms with Crippen LogP contribution in [0.5, 0.6) is 0 Å². The summed E-state index contributed by atoms with van der Waals surface area (Å²) in [6, 6.07) is 0. The van der Waals surface area contributed by atoms with Gasteiger partial charge in [0.1, 0.15) is 0 Å². The number of halogens is 5. The van der Waals surface area contributed by atoms with Crippen molar-refractivity contribution in [2.24, 2.45) is 5.41 Å². The van der Waals surface area contributed by atoms with Crippen molar-refractivity contribution in [3.05, 3.63) is 0 Å². The van der Waals surface area contributed by atoms with Crippen molar-refractivity contribution >= 4 is 5.97 Å². The molecule has 0 N–H and O–H groups in total. The molecule has 0 aromatic rings. The fourth-order valence-electron chi connectivity index (χ4n) is 1.62. The Morgan fingerprint density at radius 1 is 0.947 bits per heavy atom. The third-order valence-electron chi connectivity index (χ3n) is 3.52. The van der Waals surface area contributed by atoms with Crippen LogP contribution in [0.3, 0.4) is 0 Å². The Labute approximate surface area is 108 Å². The van der Waals surface area contributed by atoms with Crippen molar-refractivity contribution in [3.63, 3.8) is 0 Å². The van der Waals surface area contributed by atoms with E-state index in [9.17, 15) is 26.7 Å². The van der Waals surface area contributed by atoms with Gasteiger partial charge in [-0.25, -0.2) is 22.0 Å². The molecular formula is C12H17F5O2. The summed E-state index contributed by atoms with van der Waals surface area (Å²) in [5, 5.41) is 0. The molecule has 4 unspecified atom stereocenters. The largest absolute Gasteiger partial charge is 0.455 e. The van der Waals surface area contributed by atoms with Crippen LogP contribution in [-0.2, 0) is 9.53 Å². The first-order chi connectivity index (χ1) is 8.63. The molecule has 0 aromatic carbocycles. The minimum absolute atomic E-state index is 0.316. The highest BCUT2D eigenvalue weighted by Crippen LogP contribution is 2.35. The lowest BCUT2D eigenvalue weighted by molar-refractivity contribution is -0.185. The average Bonchev–Trinajstić information content (AvgIpc) is 2.38. The highest BCUT2D eigenvalue weighted by molar-refractivity contribution is 5.76. The molecule has 0 aromatic heterocycles. The van der Waals surface area contributed by atoms with E-state index < -0.39 is 48.3 Å². The van der Waals surface area contributed by atoms with Crippen LogP contribution < -0.4 is 0 Å². The van der Waals surface area contributed by atoms with Crippen molar-refractivity contribution in [1.29, 1.82) is 0 Å². The van der Waals surface area contributed by atoms with Crippen molar-refractivity contribution in [3.8, 4) is 0 Å². The van der Waals surface area contributed by atoms with Crippen LogP contribution in [0, 0.1) is 5.41 Å². The molecule has 1 saturated carbocycles. The van der Waals surface area contributed by atoms with Gasteiger partial charge in [0, 0.05) is 0 Å². The van der Waals surface area contributed by atoms with Gasteiger partial charge in [-0.3, -0.25) is 4.79 Å². The minimum atomic E-state index is -2.89. The van der Waals surface area contributed by atoms with Crippen molar-refractivity contribution < 1.29 is 31.5 Å². The number of carbonyl (C=O) groups excluding carboxylic acids is 1. The molecule has 4 atom stereocenters. The van der Waals surface area contributed by atoms with Crippen molar-refractivity contribution in [2.45, 2.75) is 64.2 Å². The fourth-order valence-corrected chi connectivity index (χ4v) is 1.62. The van der Waals surface area contributed by atoms with Gasteiger partial charge >= 0.3 is 5.97 Å². The van der Waals surface area contributed by atoms with Crippen LogP contribution in [0.1, 0.15) is 27.2 Å². The number of hydrogen-bond donors (Lipinski definition) is 0. The summed E-state index contributed by atoms with van der Waals surface area (Å²) in [6.45, 7) is 4.59. The lowest BCUT2D eigenvalue weighted by Gasteiger charge is -2.37. The first kappa shape index (κ1) is 16.2. The topological polar surface area (TPSA) is 26.3 Å². The summed E-state index contributed by atoms with van der Waals surface area (Å²) in [7, 11) is 0. The van der Waals surface area contributed by atoms with Gasteiger partial charge in [0.15, 0.2) is 37.0 Å². The summed E-state index contributed by atoms with van der Waals surface area (Å²) in [6.07, 6.45) is -15.9. The Balaban J connectivity index is 2.84. The van der Waals surface area contributed by atoms with Crippen LogP contribution in [0.25, 0.3) is 0 Å². The second-order valence-electron chi connectivity index (χ2n) is 5.33. The van der Waals surface area contributed by atoms with Crippen LogP contribution in [0.2, 0.25) is 0 Å². The predicted molar refractivity (Wildman–Crippen MR) is 58.4 cm³/mol. The van der Waals surface area contributed by atoms with E-state index in [4.69, 9.17) is 0 Å². The van der Waals surface area contributed by atoms with Gasteiger partial charge in [0.05, 0.1) is 5.41 Å². The Morgan fingerprint density at radius 2 is 1.32 bits per heavy atom. The molecule has 7 heteroatoms. The van der Waals surface area contributed by atoms with E-state index in [1.807, 2.05) is 0 Å². The molecule has 0 heterocycles. The van der Waals surface area contributed by atoms with Gasteiger partial charge in [0.25, 0.3) is 0 Å². The third-order valence-corrected chi connectivity index (χ3v) is 3.52. The average molecular weight is 288 g/mol. The first-order valence-corrected chi connectivity index (χ1v) is 6.05. The predicted octanol–water partition coefficient (Wildman–Crippen LogP) is 3.04. The van der Waals surface area contributed by atoms with Gasteiger partial charge in [0.2, 0.25) is 0 Å². The minimum Gasteiger partial charge on any atom is -0.455 e. The molecule has 0 spiro atoms. The standard InChI is InChI=1S/C12H17F5O2/c1-4-12(2,3)11(18)19-10-8(16)6(14)5(13)7(15)9(10)17/h5-10H,4H2,1-3H3. The zero-order valence-corrected chi connectivity index (χ0v) is 10.9. The van der Waals surface area contributed by atoms with E-state index in [-0.39, 0.29) is 0 Å².